The molecule has 0 amide bonds. The van der Waals surface area contributed by atoms with Gasteiger partial charge in [-0.3, -0.25) is 4.79 Å². The van der Waals surface area contributed by atoms with Gasteiger partial charge in [-0.1, -0.05) is 32.0 Å². The largest absolute Gasteiger partial charge is 0.481 e. The minimum atomic E-state index is -0.820. The Morgan fingerprint density at radius 1 is 1.41 bits per heavy atom. The lowest BCUT2D eigenvalue weighted by molar-refractivity contribution is -0.148. The Bertz CT molecular complexity index is 695. The summed E-state index contributed by atoms with van der Waals surface area (Å²) in [7, 11) is 0. The van der Waals surface area contributed by atoms with Crippen LogP contribution in [-0.4, -0.2) is 22.7 Å². The zero-order chi connectivity index (χ0) is 15.0. The molecule has 0 saturated carbocycles. The Kier molecular flexibility index (Phi) is 4.83. The standard InChI is InChI=1S/C17H21NO3.ClH/c1-3-11-6-5-7-12-13-8-9-21-17(4-2,10-14(19)20)16(13)18-15(11)12;/h5-7,18H,3-4,8-10H2,1-2H3,(H,19,20);1H. The number of H-pyrrole nitrogens is 1. The number of halogens is 1. The van der Waals surface area contributed by atoms with Gasteiger partial charge >= 0.3 is 5.97 Å². The minimum absolute atomic E-state index is 0. The van der Waals surface area contributed by atoms with Crippen LogP contribution in [0.25, 0.3) is 10.9 Å². The average Bonchev–Trinajstić information content (AvgIpc) is 2.87. The number of hydrogen-bond acceptors (Lipinski definition) is 2. The summed E-state index contributed by atoms with van der Waals surface area (Å²) < 4.78 is 5.94. The zero-order valence-corrected chi connectivity index (χ0v) is 13.8. The van der Waals surface area contributed by atoms with Gasteiger partial charge in [0.25, 0.3) is 0 Å². The molecule has 5 heteroatoms. The quantitative estimate of drug-likeness (QED) is 0.899. The number of aromatic amines is 1. The van der Waals surface area contributed by atoms with E-state index in [0.29, 0.717) is 13.0 Å². The normalized spacial score (nSPS) is 20.5. The molecule has 4 nitrogen and oxygen atoms in total. The third-order valence-electron chi connectivity index (χ3n) is 4.60. The molecule has 3 rings (SSSR count). The fraction of sp³-hybridized carbons (Fsp3) is 0.471. The maximum atomic E-state index is 11.3. The topological polar surface area (TPSA) is 62.3 Å². The predicted molar refractivity (Wildman–Crippen MR) is 88.8 cm³/mol. The molecule has 1 aromatic heterocycles. The van der Waals surface area contributed by atoms with E-state index in [4.69, 9.17) is 4.74 Å². The predicted octanol–water partition coefficient (Wildman–Crippen LogP) is 3.80. The van der Waals surface area contributed by atoms with Crippen molar-refractivity contribution in [1.29, 1.82) is 0 Å². The highest BCUT2D eigenvalue weighted by Gasteiger charge is 2.40. The number of para-hydroxylation sites is 1. The molecule has 1 aliphatic heterocycles. The van der Waals surface area contributed by atoms with Crippen LogP contribution in [0.5, 0.6) is 0 Å². The molecule has 1 unspecified atom stereocenters. The Balaban J connectivity index is 0.00000176. The summed E-state index contributed by atoms with van der Waals surface area (Å²) in [5, 5.41) is 10.5. The first kappa shape index (κ1) is 16.8. The molecule has 0 bridgehead atoms. The molecule has 0 spiro atoms. The monoisotopic (exact) mass is 323 g/mol. The number of fused-ring (bicyclic) bond motifs is 3. The van der Waals surface area contributed by atoms with Gasteiger partial charge in [-0.15, -0.1) is 12.4 Å². The maximum absolute atomic E-state index is 11.3. The maximum Gasteiger partial charge on any atom is 0.306 e. The van der Waals surface area contributed by atoms with Crippen LogP contribution in [0.4, 0.5) is 0 Å². The van der Waals surface area contributed by atoms with Crippen LogP contribution >= 0.6 is 12.4 Å². The van der Waals surface area contributed by atoms with Crippen molar-refractivity contribution in [3.05, 3.63) is 35.0 Å². The molecular weight excluding hydrogens is 302 g/mol. The number of carboxylic acids is 1. The molecular formula is C17H22ClNO3. The summed E-state index contributed by atoms with van der Waals surface area (Å²) in [5.74, 6) is -0.820. The molecule has 1 atom stereocenters. The van der Waals surface area contributed by atoms with Crippen molar-refractivity contribution in [2.75, 3.05) is 6.61 Å². The van der Waals surface area contributed by atoms with Crippen molar-refractivity contribution in [3.63, 3.8) is 0 Å². The van der Waals surface area contributed by atoms with E-state index in [-0.39, 0.29) is 18.8 Å². The zero-order valence-electron chi connectivity index (χ0n) is 12.9. The molecule has 1 aromatic carbocycles. The molecule has 2 N–H and O–H groups in total. The van der Waals surface area contributed by atoms with Crippen LogP contribution in [0.2, 0.25) is 0 Å². The number of ether oxygens (including phenoxy) is 1. The van der Waals surface area contributed by atoms with Crippen molar-refractivity contribution in [2.45, 2.75) is 45.1 Å². The fourth-order valence-corrected chi connectivity index (χ4v) is 3.49. The van der Waals surface area contributed by atoms with Crippen molar-refractivity contribution < 1.29 is 14.6 Å². The number of benzene rings is 1. The van der Waals surface area contributed by atoms with Crippen LogP contribution in [0.15, 0.2) is 18.2 Å². The molecule has 2 heterocycles. The van der Waals surface area contributed by atoms with Gasteiger partial charge in [0.05, 0.1) is 18.7 Å². The van der Waals surface area contributed by atoms with E-state index in [0.717, 1.165) is 24.1 Å². The van der Waals surface area contributed by atoms with Gasteiger partial charge < -0.3 is 14.8 Å². The smallest absolute Gasteiger partial charge is 0.306 e. The highest BCUT2D eigenvalue weighted by Crippen LogP contribution is 2.42. The van der Waals surface area contributed by atoms with Crippen molar-refractivity contribution >= 4 is 29.3 Å². The first-order valence-electron chi connectivity index (χ1n) is 7.60. The van der Waals surface area contributed by atoms with E-state index < -0.39 is 11.6 Å². The number of aryl methyl sites for hydroxylation is 1. The third kappa shape index (κ3) is 2.50. The number of hydrogen-bond donors (Lipinski definition) is 2. The lowest BCUT2D eigenvalue weighted by atomic mass is 9.86. The Hall–Kier alpha value is -1.52. The molecule has 0 aliphatic carbocycles. The van der Waals surface area contributed by atoms with Crippen LogP contribution in [0.1, 0.15) is 43.5 Å². The molecule has 2 aromatic rings. The molecule has 120 valence electrons. The second-order valence-electron chi connectivity index (χ2n) is 5.69. The number of rotatable bonds is 4. The average molecular weight is 324 g/mol. The summed E-state index contributed by atoms with van der Waals surface area (Å²) in [6.45, 7) is 4.71. The third-order valence-corrected chi connectivity index (χ3v) is 4.60. The van der Waals surface area contributed by atoms with Gasteiger partial charge in [0.1, 0.15) is 5.60 Å². The van der Waals surface area contributed by atoms with E-state index in [2.05, 4.69) is 30.1 Å². The van der Waals surface area contributed by atoms with Crippen molar-refractivity contribution in [1.82, 2.24) is 4.98 Å². The van der Waals surface area contributed by atoms with Crippen LogP contribution in [0, 0.1) is 0 Å². The van der Waals surface area contributed by atoms with Gasteiger partial charge in [-0.2, -0.15) is 0 Å². The second-order valence-corrected chi connectivity index (χ2v) is 5.69. The minimum Gasteiger partial charge on any atom is -0.481 e. The van der Waals surface area contributed by atoms with Crippen LogP contribution < -0.4 is 0 Å². The van der Waals surface area contributed by atoms with E-state index in [1.807, 2.05) is 6.92 Å². The first-order chi connectivity index (χ1) is 10.1. The summed E-state index contributed by atoms with van der Waals surface area (Å²) >= 11 is 0. The van der Waals surface area contributed by atoms with Crippen molar-refractivity contribution in [2.24, 2.45) is 0 Å². The van der Waals surface area contributed by atoms with E-state index in [1.165, 1.54) is 16.5 Å². The van der Waals surface area contributed by atoms with E-state index >= 15 is 0 Å². The lowest BCUT2D eigenvalue weighted by Crippen LogP contribution is -2.37. The number of aliphatic carboxylic acids is 1. The first-order valence-corrected chi connectivity index (χ1v) is 7.60. The van der Waals surface area contributed by atoms with Gasteiger partial charge in [0.2, 0.25) is 0 Å². The second kappa shape index (κ2) is 6.31. The molecule has 22 heavy (non-hydrogen) atoms. The van der Waals surface area contributed by atoms with Crippen LogP contribution in [0.3, 0.4) is 0 Å². The number of carbonyl (C=O) groups is 1. The SMILES string of the molecule is CCc1cccc2c3c([nH]c12)C(CC)(CC(=O)O)OCC3.Cl. The highest BCUT2D eigenvalue weighted by molar-refractivity contribution is 5.88. The Morgan fingerprint density at radius 3 is 2.82 bits per heavy atom. The highest BCUT2D eigenvalue weighted by atomic mass is 35.5. The molecule has 0 fully saturated rings. The summed E-state index contributed by atoms with van der Waals surface area (Å²) in [6, 6.07) is 6.32. The fourth-order valence-electron chi connectivity index (χ4n) is 3.49. The number of carboxylic acid groups (broad SMARTS) is 1. The molecule has 0 saturated heterocycles. The van der Waals surface area contributed by atoms with Gasteiger partial charge in [-0.25, -0.2) is 0 Å². The lowest BCUT2D eigenvalue weighted by Gasteiger charge is -2.35. The van der Waals surface area contributed by atoms with Crippen molar-refractivity contribution in [3.8, 4) is 0 Å². The number of nitrogens with one attached hydrogen (secondary N) is 1. The van der Waals surface area contributed by atoms with Gasteiger partial charge in [-0.05, 0) is 30.4 Å². The van der Waals surface area contributed by atoms with E-state index in [9.17, 15) is 9.90 Å². The van der Waals surface area contributed by atoms with Crippen LogP contribution in [-0.2, 0) is 28.0 Å². The number of aromatic nitrogens is 1. The van der Waals surface area contributed by atoms with E-state index in [1.54, 1.807) is 0 Å². The Labute approximate surface area is 136 Å². The summed E-state index contributed by atoms with van der Waals surface area (Å²) in [6.07, 6.45) is 2.45. The molecule has 1 aliphatic rings. The van der Waals surface area contributed by atoms with Gasteiger partial charge in [0.15, 0.2) is 0 Å². The summed E-state index contributed by atoms with van der Waals surface area (Å²) in [5.41, 5.74) is 3.88. The van der Waals surface area contributed by atoms with Gasteiger partial charge in [0, 0.05) is 10.9 Å². The molecule has 0 radical (unpaired) electrons. The summed E-state index contributed by atoms with van der Waals surface area (Å²) in [4.78, 5) is 14.8. The Morgan fingerprint density at radius 2 is 2.18 bits per heavy atom.